The molecule has 1 aromatic heterocycles. The number of nitrogens with zero attached hydrogens (tertiary/aromatic N) is 3. The summed E-state index contributed by atoms with van der Waals surface area (Å²) in [6, 6.07) is 3.77. The highest BCUT2D eigenvalue weighted by Crippen LogP contribution is 2.40. The Bertz CT molecular complexity index is 1040. The first kappa shape index (κ1) is 22.3. The quantitative estimate of drug-likeness (QED) is 0.756. The SMILES string of the molecule is Cc1cn(C(=O)N2C[C@H]3CC(OCc4cccc(C(F)(F)F)c4C)C[C@H]3C2)nc1C(=O)O. The molecule has 4 rings (SSSR count). The molecule has 172 valence electrons. The van der Waals surface area contributed by atoms with Crippen LogP contribution in [0.4, 0.5) is 18.0 Å². The zero-order valence-electron chi connectivity index (χ0n) is 17.7. The largest absolute Gasteiger partial charge is 0.476 e. The Balaban J connectivity index is 1.33. The molecule has 1 aliphatic carbocycles. The van der Waals surface area contributed by atoms with Crippen LogP contribution in [0.1, 0.15) is 45.6 Å². The van der Waals surface area contributed by atoms with Gasteiger partial charge in [0.15, 0.2) is 5.69 Å². The Hall–Kier alpha value is -2.88. The van der Waals surface area contributed by atoms with Crippen LogP contribution in [-0.4, -0.2) is 51.0 Å². The van der Waals surface area contributed by atoms with Crippen molar-refractivity contribution in [1.82, 2.24) is 14.7 Å². The van der Waals surface area contributed by atoms with Gasteiger partial charge in [-0.3, -0.25) is 0 Å². The highest BCUT2D eigenvalue weighted by Gasteiger charge is 2.43. The van der Waals surface area contributed by atoms with Crippen molar-refractivity contribution in [2.24, 2.45) is 11.8 Å². The van der Waals surface area contributed by atoms with Gasteiger partial charge in [-0.05, 0) is 55.7 Å². The molecule has 2 aromatic rings. The van der Waals surface area contributed by atoms with Gasteiger partial charge in [0.05, 0.1) is 18.3 Å². The molecule has 1 saturated carbocycles. The number of rotatable bonds is 4. The van der Waals surface area contributed by atoms with Gasteiger partial charge in [0.2, 0.25) is 0 Å². The first-order valence-electron chi connectivity index (χ1n) is 10.4. The van der Waals surface area contributed by atoms with Gasteiger partial charge in [0.1, 0.15) is 0 Å². The number of fused-ring (bicyclic) bond motifs is 1. The van der Waals surface area contributed by atoms with Gasteiger partial charge >= 0.3 is 18.2 Å². The summed E-state index contributed by atoms with van der Waals surface area (Å²) < 4.78 is 46.3. The molecule has 10 heteroatoms. The number of carboxylic acid groups (broad SMARTS) is 1. The molecule has 0 radical (unpaired) electrons. The molecule has 1 amide bonds. The molecule has 2 heterocycles. The van der Waals surface area contributed by atoms with Crippen molar-refractivity contribution in [3.63, 3.8) is 0 Å². The third-order valence-corrected chi connectivity index (χ3v) is 6.50. The number of hydrogen-bond acceptors (Lipinski definition) is 4. The molecule has 1 N–H and O–H groups in total. The average Bonchev–Trinajstić information content (AvgIpc) is 3.38. The first-order chi connectivity index (χ1) is 15.0. The summed E-state index contributed by atoms with van der Waals surface area (Å²) in [4.78, 5) is 25.5. The second kappa shape index (κ2) is 8.23. The first-order valence-corrected chi connectivity index (χ1v) is 10.4. The second-order valence-corrected chi connectivity index (χ2v) is 8.61. The van der Waals surface area contributed by atoms with Crippen LogP contribution in [0.3, 0.4) is 0 Å². The maximum absolute atomic E-state index is 13.1. The lowest BCUT2D eigenvalue weighted by atomic mass is 10.0. The number of aromatic nitrogens is 2. The number of carbonyl (C=O) groups excluding carboxylic acids is 1. The molecule has 2 fully saturated rings. The number of alkyl halides is 3. The maximum Gasteiger partial charge on any atom is 0.416 e. The van der Waals surface area contributed by atoms with E-state index in [1.54, 1.807) is 17.9 Å². The zero-order valence-corrected chi connectivity index (χ0v) is 17.7. The normalized spacial score (nSPS) is 22.9. The minimum Gasteiger partial charge on any atom is -0.476 e. The second-order valence-electron chi connectivity index (χ2n) is 8.61. The fourth-order valence-electron chi connectivity index (χ4n) is 4.81. The molecule has 2 aliphatic rings. The van der Waals surface area contributed by atoms with E-state index >= 15 is 0 Å². The lowest BCUT2D eigenvalue weighted by Gasteiger charge is -2.20. The van der Waals surface area contributed by atoms with Crippen molar-refractivity contribution in [3.8, 4) is 0 Å². The van der Waals surface area contributed by atoms with E-state index in [0.29, 0.717) is 24.2 Å². The van der Waals surface area contributed by atoms with Gasteiger partial charge in [-0.1, -0.05) is 12.1 Å². The molecule has 7 nitrogen and oxygen atoms in total. The maximum atomic E-state index is 13.1. The topological polar surface area (TPSA) is 84.7 Å². The van der Waals surface area contributed by atoms with Crippen LogP contribution in [0.15, 0.2) is 24.4 Å². The molecule has 1 unspecified atom stereocenters. The van der Waals surface area contributed by atoms with Gasteiger partial charge in [-0.25, -0.2) is 9.59 Å². The van der Waals surface area contributed by atoms with Crippen molar-refractivity contribution >= 4 is 12.0 Å². The van der Waals surface area contributed by atoms with Crippen molar-refractivity contribution in [2.75, 3.05) is 13.1 Å². The highest BCUT2D eigenvalue weighted by atomic mass is 19.4. The van der Waals surface area contributed by atoms with Gasteiger partial charge in [0, 0.05) is 24.8 Å². The highest BCUT2D eigenvalue weighted by molar-refractivity contribution is 5.88. The number of carbonyl (C=O) groups is 2. The predicted molar refractivity (Wildman–Crippen MR) is 107 cm³/mol. The van der Waals surface area contributed by atoms with Gasteiger partial charge in [-0.15, -0.1) is 0 Å². The Morgan fingerprint density at radius 3 is 2.41 bits per heavy atom. The van der Waals surface area contributed by atoms with E-state index in [-0.39, 0.29) is 41.8 Å². The molecule has 0 spiro atoms. The molecule has 1 saturated heterocycles. The fourth-order valence-corrected chi connectivity index (χ4v) is 4.81. The van der Waals surface area contributed by atoms with E-state index in [9.17, 15) is 22.8 Å². The Morgan fingerprint density at radius 1 is 1.19 bits per heavy atom. The van der Waals surface area contributed by atoms with E-state index in [4.69, 9.17) is 9.84 Å². The molecule has 1 aromatic carbocycles. The van der Waals surface area contributed by atoms with Crippen molar-refractivity contribution in [3.05, 3.63) is 52.3 Å². The number of aryl methyl sites for hydroxylation is 1. The molecular weight excluding hydrogens is 427 g/mol. The molecule has 3 atom stereocenters. The predicted octanol–water partition coefficient (Wildman–Crippen LogP) is 4.11. The third kappa shape index (κ3) is 4.23. The van der Waals surface area contributed by atoms with E-state index in [0.717, 1.165) is 23.6 Å². The lowest BCUT2D eigenvalue weighted by Crippen LogP contribution is -2.34. The van der Waals surface area contributed by atoms with Gasteiger partial charge < -0.3 is 14.7 Å². The number of benzene rings is 1. The number of hydrogen-bond donors (Lipinski definition) is 1. The number of amides is 1. The van der Waals surface area contributed by atoms with Crippen LogP contribution in [0.5, 0.6) is 0 Å². The fraction of sp³-hybridized carbons (Fsp3) is 0.500. The lowest BCUT2D eigenvalue weighted by molar-refractivity contribution is -0.138. The number of carboxylic acids is 1. The van der Waals surface area contributed by atoms with Crippen molar-refractivity contribution in [1.29, 1.82) is 0 Å². The minimum atomic E-state index is -4.39. The molecular formula is C22H24F3N3O4. The molecule has 32 heavy (non-hydrogen) atoms. The van der Waals surface area contributed by atoms with Crippen LogP contribution < -0.4 is 0 Å². The Morgan fingerprint density at radius 2 is 1.84 bits per heavy atom. The monoisotopic (exact) mass is 451 g/mol. The third-order valence-electron chi connectivity index (χ3n) is 6.50. The number of likely N-dealkylation sites (tertiary alicyclic amines) is 1. The average molecular weight is 451 g/mol. The van der Waals surface area contributed by atoms with Crippen LogP contribution in [0, 0.1) is 25.7 Å². The summed E-state index contributed by atoms with van der Waals surface area (Å²) in [5, 5.41) is 13.0. The zero-order chi connectivity index (χ0) is 23.2. The summed E-state index contributed by atoms with van der Waals surface area (Å²) in [5.41, 5.74) is 0.345. The van der Waals surface area contributed by atoms with Crippen LogP contribution >= 0.6 is 0 Å². The van der Waals surface area contributed by atoms with Crippen LogP contribution in [-0.2, 0) is 17.5 Å². The van der Waals surface area contributed by atoms with E-state index in [1.165, 1.54) is 19.2 Å². The summed E-state index contributed by atoms with van der Waals surface area (Å²) >= 11 is 0. The van der Waals surface area contributed by atoms with E-state index < -0.39 is 17.7 Å². The summed E-state index contributed by atoms with van der Waals surface area (Å²) in [6.07, 6.45) is -1.58. The van der Waals surface area contributed by atoms with E-state index in [2.05, 4.69) is 5.10 Å². The van der Waals surface area contributed by atoms with Crippen molar-refractivity contribution in [2.45, 2.75) is 45.6 Å². The standard InChI is InChI=1S/C22H24F3N3O4/c1-12-8-28(26-19(12)20(29)30)21(31)27-9-15-6-17(7-16(15)10-27)32-11-14-4-3-5-18(13(14)2)22(23,24)25/h3-5,8,15-17H,6-7,9-11H2,1-2H3,(H,29,30)/t15-,16+,17?. The number of aromatic carboxylic acids is 1. The van der Waals surface area contributed by atoms with Gasteiger partial charge in [-0.2, -0.15) is 23.0 Å². The summed E-state index contributed by atoms with van der Waals surface area (Å²) in [6.45, 7) is 4.21. The smallest absolute Gasteiger partial charge is 0.416 e. The molecule has 1 aliphatic heterocycles. The summed E-state index contributed by atoms with van der Waals surface area (Å²) in [5.74, 6) is -0.701. The van der Waals surface area contributed by atoms with Crippen LogP contribution in [0.2, 0.25) is 0 Å². The Kier molecular flexibility index (Phi) is 5.74. The van der Waals surface area contributed by atoms with Crippen molar-refractivity contribution < 1.29 is 32.6 Å². The number of ether oxygens (including phenoxy) is 1. The van der Waals surface area contributed by atoms with E-state index in [1.807, 2.05) is 0 Å². The molecule has 0 bridgehead atoms. The minimum absolute atomic E-state index is 0.0678. The Labute approximate surface area is 182 Å². The number of halogens is 3. The summed E-state index contributed by atoms with van der Waals surface area (Å²) in [7, 11) is 0. The van der Waals surface area contributed by atoms with Crippen LogP contribution in [0.25, 0.3) is 0 Å². The van der Waals surface area contributed by atoms with Gasteiger partial charge in [0.25, 0.3) is 0 Å².